The lowest BCUT2D eigenvalue weighted by Crippen LogP contribution is -2.10. The van der Waals surface area contributed by atoms with Crippen molar-refractivity contribution in [2.75, 3.05) is 30.9 Å². The molecule has 0 spiro atoms. The molecule has 2 heterocycles. The van der Waals surface area contributed by atoms with Gasteiger partial charge in [0.2, 0.25) is 5.95 Å². The Hall–Kier alpha value is -2.86. The molecule has 0 atom stereocenters. The molecule has 2 aromatic heterocycles. The lowest BCUT2D eigenvalue weighted by molar-refractivity contribution is 0.197. The van der Waals surface area contributed by atoms with Gasteiger partial charge in [-0.15, -0.1) is 0 Å². The molecule has 0 amide bonds. The Morgan fingerprint density at radius 2 is 1.92 bits per heavy atom. The molecule has 3 aromatic rings. The predicted molar refractivity (Wildman–Crippen MR) is 98.5 cm³/mol. The number of hydrogen-bond donors (Lipinski definition) is 2. The summed E-state index contributed by atoms with van der Waals surface area (Å²) in [4.78, 5) is 9.16. The van der Waals surface area contributed by atoms with Crippen molar-refractivity contribution in [1.82, 2.24) is 9.97 Å². The molecule has 6 nitrogen and oxygen atoms in total. The zero-order chi connectivity index (χ0) is 17.3. The Labute approximate surface area is 147 Å². The molecule has 0 fully saturated rings. The largest absolute Gasteiger partial charge is 0.467 e. The summed E-state index contributed by atoms with van der Waals surface area (Å²) in [5.41, 5.74) is 1.91. The van der Waals surface area contributed by atoms with E-state index < -0.39 is 0 Å². The van der Waals surface area contributed by atoms with E-state index in [9.17, 15) is 0 Å². The summed E-state index contributed by atoms with van der Waals surface area (Å²) in [6.07, 6.45) is 2.56. The third kappa shape index (κ3) is 5.06. The molecule has 0 bridgehead atoms. The van der Waals surface area contributed by atoms with E-state index in [-0.39, 0.29) is 0 Å². The van der Waals surface area contributed by atoms with Crippen molar-refractivity contribution in [2.45, 2.75) is 13.0 Å². The molecule has 3 rings (SSSR count). The van der Waals surface area contributed by atoms with Gasteiger partial charge in [0.1, 0.15) is 11.6 Å². The highest BCUT2D eigenvalue weighted by atomic mass is 16.5. The number of ether oxygens (including phenoxy) is 1. The maximum Gasteiger partial charge on any atom is 0.225 e. The van der Waals surface area contributed by atoms with Gasteiger partial charge in [0.05, 0.1) is 18.5 Å². The molecular weight excluding hydrogens is 316 g/mol. The van der Waals surface area contributed by atoms with Crippen LogP contribution >= 0.6 is 0 Å². The second-order valence-corrected chi connectivity index (χ2v) is 5.53. The number of hydrogen-bond acceptors (Lipinski definition) is 6. The van der Waals surface area contributed by atoms with Gasteiger partial charge >= 0.3 is 0 Å². The molecule has 6 heteroatoms. The van der Waals surface area contributed by atoms with E-state index in [4.69, 9.17) is 9.15 Å². The van der Waals surface area contributed by atoms with Crippen LogP contribution in [0.15, 0.2) is 59.2 Å². The summed E-state index contributed by atoms with van der Waals surface area (Å²) in [5, 5.41) is 6.55. The fourth-order valence-electron chi connectivity index (χ4n) is 2.38. The van der Waals surface area contributed by atoms with Crippen LogP contribution in [0.1, 0.15) is 12.2 Å². The summed E-state index contributed by atoms with van der Waals surface area (Å²) >= 11 is 0. The first-order valence-electron chi connectivity index (χ1n) is 8.29. The first-order chi connectivity index (χ1) is 12.3. The van der Waals surface area contributed by atoms with Crippen molar-refractivity contribution < 1.29 is 9.15 Å². The van der Waals surface area contributed by atoms with E-state index in [0.29, 0.717) is 19.1 Å². The minimum absolute atomic E-state index is 0.571. The monoisotopic (exact) mass is 338 g/mol. The number of benzene rings is 1. The van der Waals surface area contributed by atoms with E-state index in [1.54, 1.807) is 13.4 Å². The summed E-state index contributed by atoms with van der Waals surface area (Å²) in [7, 11) is 1.70. The van der Waals surface area contributed by atoms with Crippen molar-refractivity contribution in [3.05, 3.63) is 60.6 Å². The Balaban J connectivity index is 1.77. The average Bonchev–Trinajstić information content (AvgIpc) is 3.18. The molecule has 0 aliphatic carbocycles. The molecule has 25 heavy (non-hydrogen) atoms. The lowest BCUT2D eigenvalue weighted by atomic mass is 10.1. The van der Waals surface area contributed by atoms with Crippen LogP contribution < -0.4 is 10.6 Å². The van der Waals surface area contributed by atoms with Crippen molar-refractivity contribution in [1.29, 1.82) is 0 Å². The van der Waals surface area contributed by atoms with Gasteiger partial charge in [-0.05, 0) is 18.6 Å². The summed E-state index contributed by atoms with van der Waals surface area (Å²) < 4.78 is 10.4. The summed E-state index contributed by atoms with van der Waals surface area (Å²) in [6, 6.07) is 15.8. The van der Waals surface area contributed by atoms with E-state index in [1.165, 1.54) is 0 Å². The van der Waals surface area contributed by atoms with Gasteiger partial charge in [-0.1, -0.05) is 30.3 Å². The third-order valence-corrected chi connectivity index (χ3v) is 3.63. The average molecular weight is 338 g/mol. The van der Waals surface area contributed by atoms with Gasteiger partial charge in [-0.3, -0.25) is 0 Å². The number of nitrogens with zero attached hydrogens (tertiary/aromatic N) is 2. The van der Waals surface area contributed by atoms with Crippen molar-refractivity contribution in [3.63, 3.8) is 0 Å². The summed E-state index contributed by atoms with van der Waals surface area (Å²) in [5.74, 6) is 2.20. The van der Waals surface area contributed by atoms with Crippen LogP contribution in [0.5, 0.6) is 0 Å². The maximum atomic E-state index is 5.36. The number of furan rings is 1. The standard InChI is InChI=1S/C19H22N4O2/c1-24-11-6-10-20-19-22-17(15-7-3-2-4-8-15)13-18(23-19)21-14-16-9-5-12-25-16/h2-5,7-9,12-13H,6,10-11,14H2,1H3,(H2,20,21,22,23). The van der Waals surface area contributed by atoms with E-state index in [1.807, 2.05) is 48.5 Å². The minimum atomic E-state index is 0.571. The Morgan fingerprint density at radius 3 is 2.68 bits per heavy atom. The van der Waals surface area contributed by atoms with Crippen molar-refractivity contribution >= 4 is 11.8 Å². The molecule has 2 N–H and O–H groups in total. The van der Waals surface area contributed by atoms with Crippen LogP contribution in [-0.4, -0.2) is 30.2 Å². The van der Waals surface area contributed by atoms with Gasteiger partial charge in [0.15, 0.2) is 0 Å². The molecule has 0 aliphatic heterocycles. The number of methoxy groups -OCH3 is 1. The molecule has 0 aliphatic rings. The van der Waals surface area contributed by atoms with Gasteiger partial charge < -0.3 is 19.8 Å². The van der Waals surface area contributed by atoms with Crippen LogP contribution in [-0.2, 0) is 11.3 Å². The number of rotatable bonds is 9. The second kappa shape index (κ2) is 8.84. The minimum Gasteiger partial charge on any atom is -0.467 e. The Morgan fingerprint density at radius 1 is 1.04 bits per heavy atom. The third-order valence-electron chi connectivity index (χ3n) is 3.63. The summed E-state index contributed by atoms with van der Waals surface area (Å²) in [6.45, 7) is 2.03. The maximum absolute atomic E-state index is 5.36. The van der Waals surface area contributed by atoms with E-state index in [0.717, 1.165) is 35.8 Å². The predicted octanol–water partition coefficient (Wildman–Crippen LogP) is 3.80. The molecule has 130 valence electrons. The normalized spacial score (nSPS) is 10.6. The fraction of sp³-hybridized carbons (Fsp3) is 0.263. The smallest absolute Gasteiger partial charge is 0.225 e. The molecule has 0 radical (unpaired) electrons. The van der Waals surface area contributed by atoms with Gasteiger partial charge in [0.25, 0.3) is 0 Å². The number of anilines is 2. The van der Waals surface area contributed by atoms with Gasteiger partial charge in [-0.2, -0.15) is 4.98 Å². The van der Waals surface area contributed by atoms with Crippen LogP contribution in [0.2, 0.25) is 0 Å². The van der Waals surface area contributed by atoms with E-state index >= 15 is 0 Å². The lowest BCUT2D eigenvalue weighted by Gasteiger charge is -2.11. The number of nitrogens with one attached hydrogen (secondary N) is 2. The number of aromatic nitrogens is 2. The van der Waals surface area contributed by atoms with Crippen LogP contribution in [0.4, 0.5) is 11.8 Å². The molecule has 0 saturated carbocycles. The highest BCUT2D eigenvalue weighted by molar-refractivity contribution is 5.64. The zero-order valence-electron chi connectivity index (χ0n) is 14.2. The van der Waals surface area contributed by atoms with Gasteiger partial charge in [-0.25, -0.2) is 4.98 Å². The second-order valence-electron chi connectivity index (χ2n) is 5.53. The highest BCUT2D eigenvalue weighted by Gasteiger charge is 2.07. The zero-order valence-corrected chi connectivity index (χ0v) is 14.2. The first-order valence-corrected chi connectivity index (χ1v) is 8.29. The topological polar surface area (TPSA) is 72.2 Å². The fourth-order valence-corrected chi connectivity index (χ4v) is 2.38. The SMILES string of the molecule is COCCCNc1nc(NCc2ccco2)cc(-c2ccccc2)n1. The molecule has 0 saturated heterocycles. The van der Waals surface area contributed by atoms with Gasteiger partial charge in [0, 0.05) is 31.9 Å². The molecule has 0 unspecified atom stereocenters. The Kier molecular flexibility index (Phi) is 6.01. The van der Waals surface area contributed by atoms with Crippen LogP contribution in [0.25, 0.3) is 11.3 Å². The first kappa shape index (κ1) is 17.0. The van der Waals surface area contributed by atoms with E-state index in [2.05, 4.69) is 20.6 Å². The van der Waals surface area contributed by atoms with Crippen molar-refractivity contribution in [3.8, 4) is 11.3 Å². The molecular formula is C19H22N4O2. The van der Waals surface area contributed by atoms with Crippen LogP contribution in [0, 0.1) is 0 Å². The quantitative estimate of drug-likeness (QED) is 0.578. The molecule has 1 aromatic carbocycles. The Bertz CT molecular complexity index is 760. The van der Waals surface area contributed by atoms with Crippen molar-refractivity contribution in [2.24, 2.45) is 0 Å². The highest BCUT2D eigenvalue weighted by Crippen LogP contribution is 2.21. The van der Waals surface area contributed by atoms with Crippen LogP contribution in [0.3, 0.4) is 0 Å².